The highest BCUT2D eigenvalue weighted by Gasteiger charge is 2.40. The Kier molecular flexibility index (Phi) is 3.33. The third-order valence-corrected chi connectivity index (χ3v) is 4.14. The van der Waals surface area contributed by atoms with Gasteiger partial charge in [-0.2, -0.15) is 0 Å². The quantitative estimate of drug-likeness (QED) is 0.903. The summed E-state index contributed by atoms with van der Waals surface area (Å²) in [5, 5.41) is 0. The molecule has 0 radical (unpaired) electrons. The fourth-order valence-corrected chi connectivity index (χ4v) is 3.03. The largest absolute Gasteiger partial charge is 0.481 e. The number of nitrogens with zero attached hydrogens (tertiary/aromatic N) is 1. The summed E-state index contributed by atoms with van der Waals surface area (Å²) in [7, 11) is 0. The van der Waals surface area contributed by atoms with Crippen LogP contribution in [0, 0.1) is 6.92 Å². The summed E-state index contributed by atoms with van der Waals surface area (Å²) < 4.78 is 6.36. The van der Waals surface area contributed by atoms with Crippen LogP contribution in [0.5, 0.6) is 5.75 Å². The first-order valence-corrected chi connectivity index (χ1v) is 7.13. The monoisotopic (exact) mass is 258 g/mol. The number of hydrogen-bond donors (Lipinski definition) is 1. The first-order valence-electron chi connectivity index (χ1n) is 7.13. The number of likely N-dealkylation sites (tertiary alicyclic amines) is 1. The van der Waals surface area contributed by atoms with Crippen LogP contribution in [0.1, 0.15) is 24.0 Å². The molecule has 1 spiro atoms. The van der Waals surface area contributed by atoms with Crippen LogP contribution in [0.3, 0.4) is 0 Å². The average molecular weight is 258 g/mol. The fraction of sp³-hybridized carbons (Fsp3) is 0.500. The zero-order valence-corrected chi connectivity index (χ0v) is 11.6. The van der Waals surface area contributed by atoms with Crippen LogP contribution in [-0.4, -0.2) is 36.7 Å². The number of nitrogens with two attached hydrogens (primary N) is 1. The summed E-state index contributed by atoms with van der Waals surface area (Å²) in [4.78, 5) is 2.46. The van der Waals surface area contributed by atoms with Crippen LogP contribution in [-0.2, 0) is 0 Å². The molecule has 2 N–H and O–H groups in total. The van der Waals surface area contributed by atoms with E-state index in [2.05, 4.69) is 42.2 Å². The number of hydrogen-bond acceptors (Lipinski definition) is 3. The molecule has 1 aromatic rings. The van der Waals surface area contributed by atoms with Gasteiger partial charge >= 0.3 is 0 Å². The minimum atomic E-state index is -0.117. The van der Waals surface area contributed by atoms with Crippen molar-refractivity contribution in [1.29, 1.82) is 0 Å². The lowest BCUT2D eigenvalue weighted by Crippen LogP contribution is -2.39. The van der Waals surface area contributed by atoms with Crippen molar-refractivity contribution >= 4 is 6.08 Å². The minimum absolute atomic E-state index is 0.117. The summed E-state index contributed by atoms with van der Waals surface area (Å²) in [5.74, 6) is 1.06. The molecule has 3 nitrogen and oxygen atoms in total. The lowest BCUT2D eigenvalue weighted by atomic mass is 9.96. The molecular formula is C16H22N2O. The van der Waals surface area contributed by atoms with Gasteiger partial charge in [0.15, 0.2) is 0 Å². The predicted octanol–water partition coefficient (Wildman–Crippen LogP) is 2.19. The molecule has 2 aliphatic heterocycles. The highest BCUT2D eigenvalue weighted by Crippen LogP contribution is 2.38. The number of fused-ring (bicyclic) bond motifs is 1. The maximum atomic E-state index is 6.36. The van der Waals surface area contributed by atoms with Gasteiger partial charge in [-0.05, 0) is 38.1 Å². The van der Waals surface area contributed by atoms with Crippen molar-refractivity contribution in [2.24, 2.45) is 5.73 Å². The van der Waals surface area contributed by atoms with Gasteiger partial charge in [0.1, 0.15) is 11.4 Å². The first kappa shape index (κ1) is 12.7. The number of para-hydroxylation sites is 1. The highest BCUT2D eigenvalue weighted by atomic mass is 16.5. The van der Waals surface area contributed by atoms with Gasteiger partial charge in [-0.25, -0.2) is 0 Å². The molecular weight excluding hydrogens is 236 g/mol. The summed E-state index contributed by atoms with van der Waals surface area (Å²) >= 11 is 0. The Morgan fingerprint density at radius 3 is 3.16 bits per heavy atom. The maximum absolute atomic E-state index is 6.36. The van der Waals surface area contributed by atoms with Crippen LogP contribution in [0.2, 0.25) is 0 Å². The Morgan fingerprint density at radius 2 is 2.32 bits per heavy atom. The van der Waals surface area contributed by atoms with E-state index in [0.29, 0.717) is 0 Å². The lowest BCUT2D eigenvalue weighted by Gasteiger charge is -2.32. The second kappa shape index (κ2) is 4.99. The number of aryl methyl sites for hydroxylation is 1. The Hall–Kier alpha value is -1.32. The molecule has 1 fully saturated rings. The third-order valence-electron chi connectivity index (χ3n) is 4.14. The van der Waals surface area contributed by atoms with Crippen LogP contribution in [0.15, 0.2) is 24.3 Å². The highest BCUT2D eigenvalue weighted by molar-refractivity contribution is 5.63. The van der Waals surface area contributed by atoms with Crippen LogP contribution < -0.4 is 10.5 Å². The van der Waals surface area contributed by atoms with Crippen molar-refractivity contribution in [3.05, 3.63) is 35.4 Å². The number of rotatable bonds is 3. The van der Waals surface area contributed by atoms with E-state index in [1.165, 1.54) is 11.1 Å². The number of benzene rings is 1. The van der Waals surface area contributed by atoms with Crippen molar-refractivity contribution in [2.75, 3.05) is 26.2 Å². The Labute approximate surface area is 115 Å². The molecule has 1 atom stereocenters. The van der Waals surface area contributed by atoms with Gasteiger partial charge in [-0.15, -0.1) is 0 Å². The van der Waals surface area contributed by atoms with Gasteiger partial charge in [0.05, 0.1) is 0 Å². The van der Waals surface area contributed by atoms with E-state index < -0.39 is 0 Å². The Balaban J connectivity index is 1.77. The molecule has 0 amide bonds. The molecule has 0 bridgehead atoms. The van der Waals surface area contributed by atoms with Crippen LogP contribution >= 0.6 is 0 Å². The SMILES string of the molecule is Cc1cccc2c1OC1(C=C2)CCN(CCCN)C1. The van der Waals surface area contributed by atoms with Gasteiger partial charge in [-0.1, -0.05) is 24.3 Å². The topological polar surface area (TPSA) is 38.5 Å². The van der Waals surface area contributed by atoms with Gasteiger partial charge in [0.25, 0.3) is 0 Å². The molecule has 2 aliphatic rings. The molecule has 0 aromatic heterocycles. The van der Waals surface area contributed by atoms with Crippen LogP contribution in [0.25, 0.3) is 6.08 Å². The fourth-order valence-electron chi connectivity index (χ4n) is 3.03. The average Bonchev–Trinajstić information content (AvgIpc) is 2.81. The van der Waals surface area contributed by atoms with Gasteiger partial charge in [-0.3, -0.25) is 4.90 Å². The van der Waals surface area contributed by atoms with Crippen molar-refractivity contribution in [1.82, 2.24) is 4.90 Å². The van der Waals surface area contributed by atoms with Crippen molar-refractivity contribution < 1.29 is 4.74 Å². The van der Waals surface area contributed by atoms with E-state index in [9.17, 15) is 0 Å². The van der Waals surface area contributed by atoms with E-state index in [-0.39, 0.29) is 5.60 Å². The van der Waals surface area contributed by atoms with E-state index in [4.69, 9.17) is 10.5 Å². The predicted molar refractivity (Wildman–Crippen MR) is 78.3 cm³/mol. The smallest absolute Gasteiger partial charge is 0.141 e. The number of ether oxygens (including phenoxy) is 1. The van der Waals surface area contributed by atoms with E-state index >= 15 is 0 Å². The maximum Gasteiger partial charge on any atom is 0.141 e. The Bertz CT molecular complexity index is 498. The van der Waals surface area contributed by atoms with E-state index in [0.717, 1.165) is 44.8 Å². The summed E-state index contributed by atoms with van der Waals surface area (Å²) in [6.07, 6.45) is 6.60. The summed E-state index contributed by atoms with van der Waals surface area (Å²) in [6.45, 7) is 6.05. The summed E-state index contributed by atoms with van der Waals surface area (Å²) in [5.41, 5.74) is 7.89. The normalized spacial score (nSPS) is 25.6. The molecule has 102 valence electrons. The van der Waals surface area contributed by atoms with Crippen LogP contribution in [0.4, 0.5) is 0 Å². The standard InChI is InChI=1S/C16H22N2O/c1-13-4-2-5-14-6-7-16(19-15(13)14)8-11-18(12-16)10-3-9-17/h2,4-7H,3,8-12,17H2,1H3. The minimum Gasteiger partial charge on any atom is -0.481 e. The molecule has 3 rings (SSSR count). The molecule has 1 saturated heterocycles. The molecule has 0 aliphatic carbocycles. The zero-order chi connectivity index (χ0) is 13.3. The molecule has 0 saturated carbocycles. The zero-order valence-electron chi connectivity index (χ0n) is 11.6. The van der Waals surface area contributed by atoms with Crippen molar-refractivity contribution in [3.8, 4) is 5.75 Å². The molecule has 19 heavy (non-hydrogen) atoms. The first-order chi connectivity index (χ1) is 9.22. The third kappa shape index (κ3) is 2.40. The van der Waals surface area contributed by atoms with Gasteiger partial charge in [0, 0.05) is 25.1 Å². The second-order valence-corrected chi connectivity index (χ2v) is 5.66. The van der Waals surface area contributed by atoms with E-state index in [1.807, 2.05) is 0 Å². The molecule has 3 heteroatoms. The Morgan fingerprint density at radius 1 is 1.42 bits per heavy atom. The summed E-state index contributed by atoms with van der Waals surface area (Å²) in [6, 6.07) is 6.32. The van der Waals surface area contributed by atoms with Gasteiger partial charge in [0.2, 0.25) is 0 Å². The lowest BCUT2D eigenvalue weighted by molar-refractivity contribution is 0.122. The second-order valence-electron chi connectivity index (χ2n) is 5.66. The molecule has 1 aromatic carbocycles. The molecule has 2 heterocycles. The van der Waals surface area contributed by atoms with Gasteiger partial charge < -0.3 is 10.5 Å². The van der Waals surface area contributed by atoms with Crippen molar-refractivity contribution in [3.63, 3.8) is 0 Å². The van der Waals surface area contributed by atoms with Crippen molar-refractivity contribution in [2.45, 2.75) is 25.4 Å². The molecule has 1 unspecified atom stereocenters. The van der Waals surface area contributed by atoms with E-state index in [1.54, 1.807) is 0 Å².